The van der Waals surface area contributed by atoms with Gasteiger partial charge in [-0.3, -0.25) is 9.36 Å². The summed E-state index contributed by atoms with van der Waals surface area (Å²) < 4.78 is 15.3. The van der Waals surface area contributed by atoms with Gasteiger partial charge in [0.2, 0.25) is 5.65 Å². The molecule has 0 aliphatic carbocycles. The lowest BCUT2D eigenvalue weighted by atomic mass is 10.1. The van der Waals surface area contributed by atoms with Gasteiger partial charge < -0.3 is 21.4 Å². The molecule has 0 radical (unpaired) electrons. The number of fused-ring (bicyclic) bond motifs is 1. The molecule has 3 aromatic rings. The molecule has 0 bridgehead atoms. The highest BCUT2D eigenvalue weighted by Gasteiger charge is 2.27. The number of amides is 1. The number of aromatic hydroxyl groups is 1. The Bertz CT molecular complexity index is 1140. The van der Waals surface area contributed by atoms with E-state index in [-0.39, 0.29) is 28.4 Å². The second-order valence-corrected chi connectivity index (χ2v) is 6.07. The van der Waals surface area contributed by atoms with E-state index in [2.05, 4.69) is 9.83 Å². The Balaban J connectivity index is 2.57. The molecule has 3 rings (SSSR count). The van der Waals surface area contributed by atoms with Gasteiger partial charge in [-0.15, -0.1) is 4.98 Å². The maximum Gasteiger partial charge on any atom is 0.274 e. The molecule has 2 aromatic heterocycles. The average Bonchev–Trinajstić information content (AvgIpc) is 2.83. The van der Waals surface area contributed by atoms with Crippen LogP contribution >= 0.6 is 0 Å². The number of primary amides is 1. The number of halogens is 1. The van der Waals surface area contributed by atoms with E-state index >= 15 is 0 Å². The van der Waals surface area contributed by atoms with E-state index in [4.69, 9.17) is 18.0 Å². The molecule has 8 heteroatoms. The molecule has 0 atom stereocenters. The Morgan fingerprint density at radius 3 is 2.54 bits per heavy atom. The van der Waals surface area contributed by atoms with Gasteiger partial charge in [-0.25, -0.2) is 4.39 Å². The summed E-state index contributed by atoms with van der Waals surface area (Å²) in [4.78, 5) is 19.7. The van der Waals surface area contributed by atoms with Crippen LogP contribution in [0.25, 0.3) is 21.6 Å². The predicted molar refractivity (Wildman–Crippen MR) is 96.1 cm³/mol. The summed E-state index contributed by atoms with van der Waals surface area (Å²) in [5.41, 5.74) is 13.6. The van der Waals surface area contributed by atoms with E-state index in [1.165, 1.54) is 11.5 Å². The molecule has 26 heavy (non-hydrogen) atoms. The summed E-state index contributed by atoms with van der Waals surface area (Å²) >= 11 is 0. The van der Waals surface area contributed by atoms with Crippen LogP contribution in [0.5, 0.6) is 5.75 Å². The van der Waals surface area contributed by atoms with Crippen LogP contribution in [-0.2, 0) is 0 Å². The standard InChI is InChI=1S/C18H16FN5O2/c1-7-6-11(19)14(25)9(3)13(7)24-15(20)12(16(21)26)10-5-8(2)17(22-4)23-18(10)24/h5-6,25H,20H2,1-3H3,(H2,21,26). The van der Waals surface area contributed by atoms with E-state index in [0.717, 1.165) is 6.07 Å². The largest absolute Gasteiger partial charge is 0.505 e. The van der Waals surface area contributed by atoms with Crippen LogP contribution < -0.4 is 11.5 Å². The first kappa shape index (κ1) is 17.2. The molecule has 5 N–H and O–H groups in total. The van der Waals surface area contributed by atoms with Gasteiger partial charge in [0.1, 0.15) is 5.82 Å². The highest BCUT2D eigenvalue weighted by Crippen LogP contribution is 2.38. The summed E-state index contributed by atoms with van der Waals surface area (Å²) in [5, 5.41) is 10.4. The smallest absolute Gasteiger partial charge is 0.274 e. The van der Waals surface area contributed by atoms with Crippen molar-refractivity contribution in [2.75, 3.05) is 5.73 Å². The molecule has 0 unspecified atom stereocenters. The van der Waals surface area contributed by atoms with E-state index in [9.17, 15) is 14.3 Å². The first-order valence-electron chi connectivity index (χ1n) is 7.66. The first-order valence-corrected chi connectivity index (χ1v) is 7.66. The topological polar surface area (TPSA) is 112 Å². The van der Waals surface area contributed by atoms with Crippen LogP contribution in [0.4, 0.5) is 16.0 Å². The van der Waals surface area contributed by atoms with Crippen molar-refractivity contribution in [3.05, 3.63) is 51.6 Å². The van der Waals surface area contributed by atoms with Crippen molar-refractivity contribution in [2.45, 2.75) is 20.8 Å². The minimum atomic E-state index is -0.764. The number of phenolic OH excluding ortho intramolecular Hbond substituents is 1. The third-order valence-corrected chi connectivity index (χ3v) is 4.37. The molecule has 2 heterocycles. The third-order valence-electron chi connectivity index (χ3n) is 4.37. The zero-order valence-electron chi connectivity index (χ0n) is 14.4. The van der Waals surface area contributed by atoms with Crippen molar-refractivity contribution in [3.63, 3.8) is 0 Å². The Morgan fingerprint density at radius 2 is 1.96 bits per heavy atom. The lowest BCUT2D eigenvalue weighted by Crippen LogP contribution is -2.14. The number of aromatic nitrogens is 2. The number of phenols is 1. The van der Waals surface area contributed by atoms with Crippen LogP contribution in [0.1, 0.15) is 27.0 Å². The number of aryl methyl sites for hydroxylation is 2. The Labute approximate surface area is 148 Å². The molecular weight excluding hydrogens is 337 g/mol. The third kappa shape index (κ3) is 2.25. The SMILES string of the molecule is [C-]#[N+]c1nc2c(cc1C)c(C(N)=O)c(N)n2-c1c(C)cc(F)c(O)c1C. The van der Waals surface area contributed by atoms with Gasteiger partial charge in [0, 0.05) is 5.56 Å². The van der Waals surface area contributed by atoms with Gasteiger partial charge in [0.05, 0.1) is 16.6 Å². The summed E-state index contributed by atoms with van der Waals surface area (Å²) in [6.45, 7) is 12.1. The zero-order valence-corrected chi connectivity index (χ0v) is 14.4. The lowest BCUT2D eigenvalue weighted by Gasteiger charge is -2.15. The van der Waals surface area contributed by atoms with E-state index in [1.807, 2.05) is 0 Å². The van der Waals surface area contributed by atoms with Crippen molar-refractivity contribution < 1.29 is 14.3 Å². The number of nitrogens with zero attached hydrogens (tertiary/aromatic N) is 3. The Hall–Kier alpha value is -3.60. The molecule has 0 aliphatic rings. The Morgan fingerprint density at radius 1 is 1.31 bits per heavy atom. The van der Waals surface area contributed by atoms with Crippen molar-refractivity contribution in [1.29, 1.82) is 0 Å². The highest BCUT2D eigenvalue weighted by molar-refractivity contribution is 6.11. The summed E-state index contributed by atoms with van der Waals surface area (Å²) in [6, 6.07) is 2.79. The monoisotopic (exact) mass is 353 g/mol. The van der Waals surface area contributed by atoms with Crippen molar-refractivity contribution >= 4 is 28.6 Å². The number of carbonyl (C=O) groups is 1. The fourth-order valence-electron chi connectivity index (χ4n) is 3.17. The summed E-state index contributed by atoms with van der Waals surface area (Å²) in [6.07, 6.45) is 0. The molecular formula is C18H16FN5O2. The highest BCUT2D eigenvalue weighted by atomic mass is 19.1. The molecule has 0 aliphatic heterocycles. The lowest BCUT2D eigenvalue weighted by molar-refractivity contribution is 0.100. The number of rotatable bonds is 2. The number of hydrogen-bond donors (Lipinski definition) is 3. The van der Waals surface area contributed by atoms with E-state index in [0.29, 0.717) is 22.2 Å². The Kier molecular flexibility index (Phi) is 3.80. The number of hydrogen-bond acceptors (Lipinski definition) is 4. The van der Waals surface area contributed by atoms with Crippen LogP contribution in [0.2, 0.25) is 0 Å². The van der Waals surface area contributed by atoms with Crippen LogP contribution in [0, 0.1) is 33.2 Å². The molecule has 1 amide bonds. The van der Waals surface area contributed by atoms with Crippen LogP contribution in [-0.4, -0.2) is 20.6 Å². The van der Waals surface area contributed by atoms with Crippen LogP contribution in [0.3, 0.4) is 0 Å². The maximum absolute atomic E-state index is 13.8. The van der Waals surface area contributed by atoms with Gasteiger partial charge in [-0.1, -0.05) is 12.6 Å². The van der Waals surface area contributed by atoms with E-state index < -0.39 is 17.5 Å². The summed E-state index contributed by atoms with van der Waals surface area (Å²) in [7, 11) is 0. The van der Waals surface area contributed by atoms with Gasteiger partial charge >= 0.3 is 0 Å². The molecule has 0 saturated carbocycles. The fourth-order valence-corrected chi connectivity index (χ4v) is 3.17. The minimum absolute atomic E-state index is 0.0127. The maximum atomic E-state index is 13.8. The number of nitrogens with two attached hydrogens (primary N) is 2. The number of pyridine rings is 1. The number of nitrogen functional groups attached to an aromatic ring is 1. The molecule has 1 aromatic carbocycles. The molecule has 0 spiro atoms. The number of anilines is 1. The predicted octanol–water partition coefficient (Wildman–Crippen LogP) is 3.03. The van der Waals surface area contributed by atoms with Gasteiger partial charge in [0.15, 0.2) is 11.6 Å². The van der Waals surface area contributed by atoms with Gasteiger partial charge in [0.25, 0.3) is 11.7 Å². The minimum Gasteiger partial charge on any atom is -0.505 e. The van der Waals surface area contributed by atoms with Gasteiger partial charge in [-0.2, -0.15) is 0 Å². The number of benzene rings is 1. The first-order chi connectivity index (χ1) is 12.2. The fraction of sp³-hybridized carbons (Fsp3) is 0.167. The second kappa shape index (κ2) is 5.74. The number of carbonyl (C=O) groups excluding carboxylic acids is 1. The molecule has 7 nitrogen and oxygen atoms in total. The molecule has 132 valence electrons. The van der Waals surface area contributed by atoms with E-state index in [1.54, 1.807) is 19.9 Å². The molecule has 0 fully saturated rings. The molecule has 0 saturated heterocycles. The van der Waals surface area contributed by atoms with Gasteiger partial charge in [-0.05, 0) is 38.0 Å². The summed E-state index contributed by atoms with van der Waals surface area (Å²) in [5.74, 6) is -1.87. The zero-order chi connectivity index (χ0) is 19.3. The van der Waals surface area contributed by atoms with Crippen molar-refractivity contribution in [3.8, 4) is 11.4 Å². The quantitative estimate of drug-likeness (QED) is 0.615. The van der Waals surface area contributed by atoms with Crippen LogP contribution in [0.15, 0.2) is 12.1 Å². The average molecular weight is 353 g/mol. The second-order valence-electron chi connectivity index (χ2n) is 6.07. The van der Waals surface area contributed by atoms with Crippen molar-refractivity contribution in [1.82, 2.24) is 9.55 Å². The van der Waals surface area contributed by atoms with Crippen molar-refractivity contribution in [2.24, 2.45) is 5.73 Å². The normalized spacial score (nSPS) is 10.9.